The van der Waals surface area contributed by atoms with Gasteiger partial charge in [0.15, 0.2) is 0 Å². The molecule has 0 saturated carbocycles. The van der Waals surface area contributed by atoms with Crippen molar-refractivity contribution in [1.29, 1.82) is 5.26 Å². The monoisotopic (exact) mass is 435 g/mol. The fourth-order valence-corrected chi connectivity index (χ4v) is 3.37. The first kappa shape index (κ1) is 21.5. The summed E-state index contributed by atoms with van der Waals surface area (Å²) in [5.74, 6) is -0.654. The number of anilines is 1. The van der Waals surface area contributed by atoms with Crippen LogP contribution >= 0.6 is 0 Å². The van der Waals surface area contributed by atoms with Gasteiger partial charge < -0.3 is 10.0 Å². The molecule has 162 valence electrons. The Labute approximate surface area is 191 Å². The number of carbonyl (C=O) groups excluding carboxylic acids is 1. The largest absolute Gasteiger partial charge is 0.507 e. The van der Waals surface area contributed by atoms with Crippen molar-refractivity contribution in [3.63, 3.8) is 0 Å². The second kappa shape index (κ2) is 9.20. The Bertz CT molecular complexity index is 1400. The molecule has 2 N–H and O–H groups in total. The molecule has 33 heavy (non-hydrogen) atoms. The molecule has 1 heterocycles. The minimum Gasteiger partial charge on any atom is -0.507 e. The predicted octanol–water partition coefficient (Wildman–Crippen LogP) is 4.31. The van der Waals surface area contributed by atoms with Gasteiger partial charge in [-0.25, -0.2) is 10.4 Å². The standard InChI is InChI=1S/C26H21N5O2/c1-31(2)21-9-6-17(7-10-21)23-12-11-22-19(4-3-5-24(22)29-23)16-28-30-26(33)18-8-13-25(32)20(14-18)15-27/h3-14,16,32H,1-2H3,(H,30,33)/b28-16+. The Morgan fingerprint density at radius 3 is 2.61 bits per heavy atom. The molecule has 7 heteroatoms. The van der Waals surface area contributed by atoms with Gasteiger partial charge in [0.2, 0.25) is 0 Å². The highest BCUT2D eigenvalue weighted by Crippen LogP contribution is 2.24. The molecule has 0 bridgehead atoms. The van der Waals surface area contributed by atoms with E-state index in [0.29, 0.717) is 0 Å². The molecule has 4 aromatic rings. The van der Waals surface area contributed by atoms with Gasteiger partial charge in [-0.1, -0.05) is 24.3 Å². The van der Waals surface area contributed by atoms with Gasteiger partial charge >= 0.3 is 0 Å². The number of phenolic OH excluding ortho intramolecular Hbond substituents is 1. The number of aromatic hydroxyl groups is 1. The van der Waals surface area contributed by atoms with Crippen molar-refractivity contribution in [3.05, 3.63) is 89.5 Å². The molecule has 0 atom stereocenters. The number of carbonyl (C=O) groups is 1. The van der Waals surface area contributed by atoms with Crippen LogP contribution in [-0.2, 0) is 0 Å². The molecular weight excluding hydrogens is 414 g/mol. The average Bonchev–Trinajstić information content (AvgIpc) is 2.84. The minimum absolute atomic E-state index is 0.0268. The molecular formula is C26H21N5O2. The molecule has 0 aliphatic carbocycles. The zero-order chi connectivity index (χ0) is 23.4. The Hall–Kier alpha value is -4.70. The van der Waals surface area contributed by atoms with Crippen molar-refractivity contribution in [2.24, 2.45) is 5.10 Å². The first-order valence-electron chi connectivity index (χ1n) is 10.2. The number of pyridine rings is 1. The Morgan fingerprint density at radius 1 is 1.09 bits per heavy atom. The maximum absolute atomic E-state index is 12.3. The quantitative estimate of drug-likeness (QED) is 0.359. The van der Waals surface area contributed by atoms with Crippen LogP contribution in [0.1, 0.15) is 21.5 Å². The van der Waals surface area contributed by atoms with Crippen LogP contribution in [0.2, 0.25) is 0 Å². The Kier molecular flexibility index (Phi) is 6.00. The van der Waals surface area contributed by atoms with Crippen molar-refractivity contribution in [1.82, 2.24) is 10.4 Å². The molecule has 4 rings (SSSR count). The number of rotatable bonds is 5. The average molecular weight is 435 g/mol. The lowest BCUT2D eigenvalue weighted by Crippen LogP contribution is -2.17. The normalized spacial score (nSPS) is 10.8. The zero-order valence-electron chi connectivity index (χ0n) is 18.1. The molecule has 0 radical (unpaired) electrons. The first-order valence-corrected chi connectivity index (χ1v) is 10.2. The highest BCUT2D eigenvalue weighted by Gasteiger charge is 2.09. The summed E-state index contributed by atoms with van der Waals surface area (Å²) in [5, 5.41) is 23.5. The Balaban J connectivity index is 1.54. The van der Waals surface area contributed by atoms with Crippen molar-refractivity contribution >= 4 is 28.7 Å². The number of fused-ring (bicyclic) bond motifs is 1. The van der Waals surface area contributed by atoms with Crippen LogP contribution in [0.3, 0.4) is 0 Å². The summed E-state index contributed by atoms with van der Waals surface area (Å²) < 4.78 is 0. The van der Waals surface area contributed by atoms with Crippen LogP contribution in [0, 0.1) is 11.3 Å². The lowest BCUT2D eigenvalue weighted by molar-refractivity contribution is 0.0955. The van der Waals surface area contributed by atoms with Gasteiger partial charge in [-0.2, -0.15) is 10.4 Å². The Morgan fingerprint density at radius 2 is 1.88 bits per heavy atom. The number of nitriles is 1. The van der Waals surface area contributed by atoms with Gasteiger partial charge in [0.05, 0.1) is 23.0 Å². The molecule has 7 nitrogen and oxygen atoms in total. The topological polar surface area (TPSA) is 102 Å². The van der Waals surface area contributed by atoms with Gasteiger partial charge in [0, 0.05) is 41.9 Å². The summed E-state index contributed by atoms with van der Waals surface area (Å²) in [6.45, 7) is 0. The molecule has 0 aliphatic rings. The predicted molar refractivity (Wildman–Crippen MR) is 129 cm³/mol. The summed E-state index contributed by atoms with van der Waals surface area (Å²) in [6, 6.07) is 23.7. The van der Waals surface area contributed by atoms with E-state index >= 15 is 0 Å². The molecule has 1 aromatic heterocycles. The lowest BCUT2D eigenvalue weighted by Gasteiger charge is -2.12. The molecule has 0 unspecified atom stereocenters. The molecule has 0 fully saturated rings. The number of nitrogens with zero attached hydrogens (tertiary/aromatic N) is 4. The van der Waals surface area contributed by atoms with Gasteiger partial charge in [-0.05, 0) is 48.5 Å². The van der Waals surface area contributed by atoms with E-state index in [-0.39, 0.29) is 16.9 Å². The van der Waals surface area contributed by atoms with Crippen LogP contribution in [-0.4, -0.2) is 36.3 Å². The molecule has 3 aromatic carbocycles. The third-order valence-electron chi connectivity index (χ3n) is 5.19. The van der Waals surface area contributed by atoms with Crippen molar-refractivity contribution in [3.8, 4) is 23.1 Å². The summed E-state index contributed by atoms with van der Waals surface area (Å²) in [5.41, 5.74) is 7.34. The molecule has 1 amide bonds. The van der Waals surface area contributed by atoms with Crippen molar-refractivity contribution < 1.29 is 9.90 Å². The van der Waals surface area contributed by atoms with E-state index in [9.17, 15) is 9.90 Å². The first-order chi connectivity index (χ1) is 16.0. The minimum atomic E-state index is -0.482. The van der Waals surface area contributed by atoms with E-state index in [4.69, 9.17) is 10.2 Å². The number of nitrogens with one attached hydrogen (secondary N) is 1. The number of amides is 1. The fourth-order valence-electron chi connectivity index (χ4n) is 3.37. The zero-order valence-corrected chi connectivity index (χ0v) is 18.1. The lowest BCUT2D eigenvalue weighted by atomic mass is 10.1. The van der Waals surface area contributed by atoms with Gasteiger partial charge in [-0.15, -0.1) is 0 Å². The van der Waals surface area contributed by atoms with E-state index < -0.39 is 5.91 Å². The highest BCUT2D eigenvalue weighted by molar-refractivity contribution is 6.00. The van der Waals surface area contributed by atoms with E-state index in [1.54, 1.807) is 6.21 Å². The van der Waals surface area contributed by atoms with Crippen LogP contribution in [0.5, 0.6) is 5.75 Å². The molecule has 0 saturated heterocycles. The van der Waals surface area contributed by atoms with Gasteiger partial charge in [0.1, 0.15) is 11.8 Å². The number of aromatic nitrogens is 1. The van der Waals surface area contributed by atoms with Crippen LogP contribution < -0.4 is 10.3 Å². The SMILES string of the molecule is CN(C)c1ccc(-c2ccc3c(/C=N/NC(=O)c4ccc(O)c(C#N)c4)cccc3n2)cc1. The van der Waals surface area contributed by atoms with Gasteiger partial charge in [0.25, 0.3) is 5.91 Å². The number of hydrogen-bond donors (Lipinski definition) is 2. The number of hydrogen-bond acceptors (Lipinski definition) is 6. The summed E-state index contributed by atoms with van der Waals surface area (Å²) >= 11 is 0. The molecule has 0 spiro atoms. The molecule has 0 aliphatic heterocycles. The smallest absolute Gasteiger partial charge is 0.271 e. The van der Waals surface area contributed by atoms with Crippen LogP contribution in [0.25, 0.3) is 22.2 Å². The number of phenols is 1. The summed E-state index contributed by atoms with van der Waals surface area (Å²) in [6.07, 6.45) is 1.55. The fraction of sp³-hybridized carbons (Fsp3) is 0.0769. The maximum atomic E-state index is 12.3. The van der Waals surface area contributed by atoms with E-state index in [1.807, 2.05) is 67.5 Å². The highest BCUT2D eigenvalue weighted by atomic mass is 16.3. The summed E-state index contributed by atoms with van der Waals surface area (Å²) in [7, 11) is 4.01. The summed E-state index contributed by atoms with van der Waals surface area (Å²) in [4.78, 5) is 19.1. The third-order valence-corrected chi connectivity index (χ3v) is 5.19. The van der Waals surface area contributed by atoms with Gasteiger partial charge in [-0.3, -0.25) is 4.79 Å². The van der Waals surface area contributed by atoms with E-state index in [2.05, 4.69) is 22.7 Å². The second-order valence-electron chi connectivity index (χ2n) is 7.59. The number of hydrazone groups is 1. The van der Waals surface area contributed by atoms with Crippen molar-refractivity contribution in [2.45, 2.75) is 0 Å². The van der Waals surface area contributed by atoms with Crippen LogP contribution in [0.15, 0.2) is 77.9 Å². The maximum Gasteiger partial charge on any atom is 0.271 e. The van der Waals surface area contributed by atoms with E-state index in [0.717, 1.165) is 33.4 Å². The third kappa shape index (κ3) is 4.65. The van der Waals surface area contributed by atoms with Crippen LogP contribution in [0.4, 0.5) is 5.69 Å². The van der Waals surface area contributed by atoms with E-state index in [1.165, 1.54) is 18.2 Å². The number of benzene rings is 3. The van der Waals surface area contributed by atoms with Crippen molar-refractivity contribution in [2.75, 3.05) is 19.0 Å². The second-order valence-corrected chi connectivity index (χ2v) is 7.59.